The van der Waals surface area contributed by atoms with E-state index in [-0.39, 0.29) is 16.5 Å². The molecule has 7 nitrogen and oxygen atoms in total. The third-order valence-electron chi connectivity index (χ3n) is 5.27. The molecule has 2 aromatic heterocycles. The monoisotopic (exact) mass is 375 g/mol. The lowest BCUT2D eigenvalue weighted by Gasteiger charge is -2.29. The van der Waals surface area contributed by atoms with Crippen LogP contribution in [-0.2, 0) is 17.1 Å². The number of sulfonamides is 1. The summed E-state index contributed by atoms with van der Waals surface area (Å²) >= 11 is 0. The molecule has 0 radical (unpaired) electrons. The summed E-state index contributed by atoms with van der Waals surface area (Å²) < 4.78 is 35.6. The molecule has 1 saturated carbocycles. The highest BCUT2D eigenvalue weighted by Crippen LogP contribution is 2.27. The van der Waals surface area contributed by atoms with Crippen LogP contribution in [0.5, 0.6) is 0 Å². The van der Waals surface area contributed by atoms with Crippen molar-refractivity contribution in [2.45, 2.75) is 43.5 Å². The van der Waals surface area contributed by atoms with E-state index in [0.29, 0.717) is 22.4 Å². The van der Waals surface area contributed by atoms with Gasteiger partial charge in [-0.2, -0.15) is 0 Å². The minimum Gasteiger partial charge on any atom is -0.421 e. The van der Waals surface area contributed by atoms with Crippen LogP contribution in [0, 0.1) is 5.92 Å². The summed E-state index contributed by atoms with van der Waals surface area (Å²) in [6.45, 7) is 2.08. The molecule has 8 heteroatoms. The Morgan fingerprint density at radius 3 is 2.81 bits per heavy atom. The first-order valence-corrected chi connectivity index (χ1v) is 10.3. The quantitative estimate of drug-likeness (QED) is 0.710. The molecule has 1 fully saturated rings. The number of nitrogens with one attached hydrogen (secondary N) is 1. The number of aromatic nitrogens is 2. The Morgan fingerprint density at radius 1 is 1.27 bits per heavy atom. The zero-order valence-electron chi connectivity index (χ0n) is 14.7. The van der Waals surface area contributed by atoms with Crippen LogP contribution >= 0.6 is 0 Å². The van der Waals surface area contributed by atoms with Gasteiger partial charge < -0.3 is 8.98 Å². The predicted molar refractivity (Wildman–Crippen MR) is 98.5 cm³/mol. The summed E-state index contributed by atoms with van der Waals surface area (Å²) in [4.78, 5) is 16.2. The standard InChI is InChI=1S/C18H21N3O4S/c1-11-5-3-4-6-14(11)20-26(23,24)12-7-8-15-13(9-12)17-16(18(22)25-15)19-10-21(17)2/h7-11,14,20H,3-6H2,1-2H3/t11-,14-/m1/s1. The number of hydrogen-bond acceptors (Lipinski definition) is 5. The molecule has 4 rings (SSSR count). The maximum Gasteiger partial charge on any atom is 0.364 e. The van der Waals surface area contributed by atoms with Gasteiger partial charge in [-0.15, -0.1) is 0 Å². The molecule has 2 heterocycles. The maximum atomic E-state index is 12.9. The second-order valence-electron chi connectivity index (χ2n) is 7.09. The van der Waals surface area contributed by atoms with Crippen molar-refractivity contribution in [3.63, 3.8) is 0 Å². The molecule has 138 valence electrons. The summed E-state index contributed by atoms with van der Waals surface area (Å²) in [5.41, 5.74) is 0.580. The summed E-state index contributed by atoms with van der Waals surface area (Å²) in [6.07, 6.45) is 5.59. The molecule has 0 bridgehead atoms. The second kappa shape index (κ2) is 6.21. The van der Waals surface area contributed by atoms with Gasteiger partial charge in [-0.1, -0.05) is 19.8 Å². The fourth-order valence-electron chi connectivity index (χ4n) is 3.75. The molecule has 1 N–H and O–H groups in total. The average Bonchev–Trinajstić information content (AvgIpc) is 2.99. The molecule has 0 unspecified atom stereocenters. The smallest absolute Gasteiger partial charge is 0.364 e. The Morgan fingerprint density at radius 2 is 2.04 bits per heavy atom. The van der Waals surface area contributed by atoms with Crippen LogP contribution < -0.4 is 10.3 Å². The number of nitrogens with zero attached hydrogens (tertiary/aromatic N) is 2. The van der Waals surface area contributed by atoms with E-state index >= 15 is 0 Å². The first kappa shape index (κ1) is 17.2. The largest absolute Gasteiger partial charge is 0.421 e. The van der Waals surface area contributed by atoms with Gasteiger partial charge in [-0.3, -0.25) is 0 Å². The summed E-state index contributed by atoms with van der Waals surface area (Å²) in [5.74, 6) is 0.320. The Bertz CT molecular complexity index is 1150. The molecule has 26 heavy (non-hydrogen) atoms. The normalized spacial score (nSPS) is 21.5. The van der Waals surface area contributed by atoms with Crippen molar-refractivity contribution in [1.82, 2.24) is 14.3 Å². The van der Waals surface area contributed by atoms with Gasteiger partial charge in [0.15, 0.2) is 5.52 Å². The van der Waals surface area contributed by atoms with Crippen molar-refractivity contribution < 1.29 is 12.8 Å². The number of rotatable bonds is 3. The number of hydrogen-bond donors (Lipinski definition) is 1. The molecule has 1 aliphatic carbocycles. The van der Waals surface area contributed by atoms with Crippen LogP contribution in [-0.4, -0.2) is 24.0 Å². The molecule has 2 atom stereocenters. The zero-order chi connectivity index (χ0) is 18.5. The van der Waals surface area contributed by atoms with Gasteiger partial charge in [0.2, 0.25) is 10.0 Å². The first-order valence-electron chi connectivity index (χ1n) is 8.77. The molecular weight excluding hydrogens is 354 g/mol. The van der Waals surface area contributed by atoms with Crippen LogP contribution in [0.3, 0.4) is 0 Å². The van der Waals surface area contributed by atoms with E-state index in [1.165, 1.54) is 18.5 Å². The van der Waals surface area contributed by atoms with Crippen molar-refractivity contribution >= 4 is 32.0 Å². The summed E-state index contributed by atoms with van der Waals surface area (Å²) in [6, 6.07) is 4.51. The summed E-state index contributed by atoms with van der Waals surface area (Å²) in [5, 5.41) is 0.555. The van der Waals surface area contributed by atoms with Crippen molar-refractivity contribution in [2.24, 2.45) is 13.0 Å². The lowest BCUT2D eigenvalue weighted by atomic mass is 9.87. The van der Waals surface area contributed by atoms with Crippen molar-refractivity contribution in [2.75, 3.05) is 0 Å². The number of benzene rings is 1. The zero-order valence-corrected chi connectivity index (χ0v) is 15.5. The average molecular weight is 375 g/mol. The van der Waals surface area contributed by atoms with E-state index in [4.69, 9.17) is 4.42 Å². The molecule has 0 aliphatic heterocycles. The third-order valence-corrected chi connectivity index (χ3v) is 6.76. The van der Waals surface area contributed by atoms with Crippen LogP contribution in [0.2, 0.25) is 0 Å². The Hall–Kier alpha value is -2.19. The summed E-state index contributed by atoms with van der Waals surface area (Å²) in [7, 11) is -1.90. The van der Waals surface area contributed by atoms with Crippen molar-refractivity contribution in [1.29, 1.82) is 0 Å². The molecule has 0 spiro atoms. The van der Waals surface area contributed by atoms with E-state index in [0.717, 1.165) is 25.7 Å². The molecule has 3 aromatic rings. The molecule has 1 aromatic carbocycles. The van der Waals surface area contributed by atoms with E-state index in [1.54, 1.807) is 17.7 Å². The maximum absolute atomic E-state index is 12.9. The van der Waals surface area contributed by atoms with Crippen LogP contribution in [0.15, 0.2) is 38.6 Å². The Balaban J connectivity index is 1.81. The van der Waals surface area contributed by atoms with Crippen LogP contribution in [0.1, 0.15) is 32.6 Å². The first-order chi connectivity index (χ1) is 12.4. The SMILES string of the molecule is C[C@@H]1CCCC[C@H]1NS(=O)(=O)c1ccc2oc(=O)c3ncn(C)c3c2c1. The molecule has 0 saturated heterocycles. The highest BCUT2D eigenvalue weighted by atomic mass is 32.2. The molecule has 1 aliphatic rings. The molecule has 0 amide bonds. The van der Waals surface area contributed by atoms with E-state index in [9.17, 15) is 13.2 Å². The topological polar surface area (TPSA) is 94.2 Å². The van der Waals surface area contributed by atoms with Crippen LogP contribution in [0.25, 0.3) is 22.0 Å². The predicted octanol–water partition coefficient (Wildman–Crippen LogP) is 2.54. The minimum absolute atomic E-state index is 0.0464. The second-order valence-corrected chi connectivity index (χ2v) is 8.80. The number of aryl methyl sites for hydroxylation is 1. The highest BCUT2D eigenvalue weighted by Gasteiger charge is 2.27. The van der Waals surface area contributed by atoms with E-state index in [2.05, 4.69) is 16.6 Å². The van der Waals surface area contributed by atoms with Gasteiger partial charge in [0, 0.05) is 18.5 Å². The highest BCUT2D eigenvalue weighted by molar-refractivity contribution is 7.89. The van der Waals surface area contributed by atoms with Crippen LogP contribution in [0.4, 0.5) is 0 Å². The lowest BCUT2D eigenvalue weighted by Crippen LogP contribution is -2.40. The fraction of sp³-hybridized carbons (Fsp3) is 0.444. The Kier molecular flexibility index (Phi) is 4.11. The van der Waals surface area contributed by atoms with E-state index < -0.39 is 15.6 Å². The van der Waals surface area contributed by atoms with Gasteiger partial charge in [-0.25, -0.2) is 22.9 Å². The third kappa shape index (κ3) is 2.83. The van der Waals surface area contributed by atoms with E-state index in [1.807, 2.05) is 0 Å². The van der Waals surface area contributed by atoms with Gasteiger partial charge in [0.05, 0.1) is 16.7 Å². The van der Waals surface area contributed by atoms with Gasteiger partial charge in [0.25, 0.3) is 0 Å². The lowest BCUT2D eigenvalue weighted by molar-refractivity contribution is 0.310. The number of imidazole rings is 1. The van der Waals surface area contributed by atoms with Crippen molar-refractivity contribution in [3.05, 3.63) is 34.9 Å². The fourth-order valence-corrected chi connectivity index (χ4v) is 5.16. The number of fused-ring (bicyclic) bond motifs is 3. The molecular formula is C18H21N3O4S. The van der Waals surface area contributed by atoms with Crippen molar-refractivity contribution in [3.8, 4) is 0 Å². The van der Waals surface area contributed by atoms with Gasteiger partial charge >= 0.3 is 5.63 Å². The minimum atomic E-state index is -3.66. The van der Waals surface area contributed by atoms with Gasteiger partial charge in [0.1, 0.15) is 5.58 Å². The Labute approximate surface area is 151 Å². The van der Waals surface area contributed by atoms with Gasteiger partial charge in [-0.05, 0) is 37.0 Å².